The van der Waals surface area contributed by atoms with Crippen molar-refractivity contribution in [1.29, 1.82) is 0 Å². The molecule has 0 atom stereocenters. The lowest BCUT2D eigenvalue weighted by atomic mass is 10.1. The van der Waals surface area contributed by atoms with Crippen LogP contribution in [-0.4, -0.2) is 59.8 Å². The Hall–Kier alpha value is -2.95. The zero-order valence-electron chi connectivity index (χ0n) is 15.4. The second kappa shape index (κ2) is 7.58. The minimum Gasteiger partial charge on any atom is -0.465 e. The second-order valence-electron chi connectivity index (χ2n) is 6.42. The highest BCUT2D eigenvalue weighted by atomic mass is 32.1. The van der Waals surface area contributed by atoms with Crippen LogP contribution in [0.15, 0.2) is 0 Å². The molecule has 28 heavy (non-hydrogen) atoms. The van der Waals surface area contributed by atoms with Crippen LogP contribution in [0.3, 0.4) is 0 Å². The summed E-state index contributed by atoms with van der Waals surface area (Å²) in [4.78, 5) is 63.5. The molecule has 0 spiro atoms. The van der Waals surface area contributed by atoms with E-state index < -0.39 is 36.3 Å². The molecule has 4 amide bonds. The standard InChI is InChI=1S/C17H19N3O7S/c1-26-15(23)10-9(11(16(24)27-2)28-12(10)18)7-19-13(21)14(22)20(17(19)25)8-5-3-4-6-8/h8H,3-7,18H2,1-2H3. The third kappa shape index (κ3) is 3.11. The van der Waals surface area contributed by atoms with Crippen molar-refractivity contribution < 1.29 is 33.4 Å². The van der Waals surface area contributed by atoms with Gasteiger partial charge in [0.25, 0.3) is 0 Å². The summed E-state index contributed by atoms with van der Waals surface area (Å²) in [5.41, 5.74) is 5.75. The van der Waals surface area contributed by atoms with E-state index in [0.717, 1.165) is 48.2 Å². The molecule has 0 bridgehead atoms. The molecular weight excluding hydrogens is 390 g/mol. The Kier molecular flexibility index (Phi) is 5.36. The van der Waals surface area contributed by atoms with Crippen LogP contribution in [0.5, 0.6) is 0 Å². The Bertz CT molecular complexity index is 872. The normalized spacial score (nSPS) is 17.6. The summed E-state index contributed by atoms with van der Waals surface area (Å²) in [5, 5.41) is -0.0136. The van der Waals surface area contributed by atoms with Crippen LogP contribution in [0.2, 0.25) is 0 Å². The maximum Gasteiger partial charge on any atom is 0.348 e. The number of nitrogen functional groups attached to an aromatic ring is 1. The number of anilines is 1. The Morgan fingerprint density at radius 1 is 1.07 bits per heavy atom. The van der Waals surface area contributed by atoms with Crippen LogP contribution in [0, 0.1) is 0 Å². The van der Waals surface area contributed by atoms with Crippen molar-refractivity contribution in [3.8, 4) is 0 Å². The van der Waals surface area contributed by atoms with Crippen molar-refractivity contribution in [3.05, 3.63) is 16.0 Å². The summed E-state index contributed by atoms with van der Waals surface area (Å²) in [6.07, 6.45) is 3.03. The van der Waals surface area contributed by atoms with E-state index in [1.807, 2.05) is 0 Å². The molecule has 1 aromatic rings. The van der Waals surface area contributed by atoms with Crippen LogP contribution < -0.4 is 5.73 Å². The fourth-order valence-electron chi connectivity index (χ4n) is 3.52. The molecule has 1 saturated carbocycles. The van der Waals surface area contributed by atoms with Gasteiger partial charge < -0.3 is 15.2 Å². The van der Waals surface area contributed by atoms with Gasteiger partial charge in [0.1, 0.15) is 9.88 Å². The molecule has 10 nitrogen and oxygen atoms in total. The summed E-state index contributed by atoms with van der Waals surface area (Å²) >= 11 is 0.785. The molecule has 3 rings (SSSR count). The van der Waals surface area contributed by atoms with E-state index >= 15 is 0 Å². The maximum atomic E-state index is 12.8. The number of hydrogen-bond acceptors (Lipinski definition) is 9. The molecule has 1 aliphatic heterocycles. The Balaban J connectivity index is 1.99. The number of thiophene rings is 1. The first-order valence-electron chi connectivity index (χ1n) is 8.58. The van der Waals surface area contributed by atoms with Gasteiger partial charge in [-0.15, -0.1) is 11.3 Å². The van der Waals surface area contributed by atoms with Crippen LogP contribution in [0.25, 0.3) is 0 Å². The number of nitrogens with zero attached hydrogens (tertiary/aromatic N) is 2. The van der Waals surface area contributed by atoms with Crippen molar-refractivity contribution in [1.82, 2.24) is 9.80 Å². The van der Waals surface area contributed by atoms with Gasteiger partial charge >= 0.3 is 29.8 Å². The summed E-state index contributed by atoms with van der Waals surface area (Å²) in [7, 11) is 2.29. The maximum absolute atomic E-state index is 12.8. The number of methoxy groups -OCH3 is 2. The molecular formula is C17H19N3O7S. The lowest BCUT2D eigenvalue weighted by Crippen LogP contribution is -2.39. The topological polar surface area (TPSA) is 136 Å². The van der Waals surface area contributed by atoms with E-state index in [1.54, 1.807) is 0 Å². The number of ether oxygens (including phenoxy) is 2. The average Bonchev–Trinajstić information content (AvgIpc) is 3.36. The van der Waals surface area contributed by atoms with Crippen molar-refractivity contribution >= 4 is 46.1 Å². The lowest BCUT2D eigenvalue weighted by molar-refractivity contribution is -0.144. The number of hydrogen-bond donors (Lipinski definition) is 1. The predicted octanol–water partition coefficient (Wildman–Crippen LogP) is 1.14. The van der Waals surface area contributed by atoms with E-state index in [1.165, 1.54) is 0 Å². The number of urea groups is 1. The molecule has 150 valence electrons. The quantitative estimate of drug-likeness (QED) is 0.434. The summed E-state index contributed by atoms with van der Waals surface area (Å²) in [5.74, 6) is -3.51. The highest BCUT2D eigenvalue weighted by molar-refractivity contribution is 7.18. The third-order valence-electron chi connectivity index (χ3n) is 4.88. The van der Waals surface area contributed by atoms with Gasteiger partial charge in [-0.25, -0.2) is 14.4 Å². The summed E-state index contributed by atoms with van der Waals surface area (Å²) < 4.78 is 9.39. The van der Waals surface area contributed by atoms with Crippen LogP contribution in [0.4, 0.5) is 9.80 Å². The monoisotopic (exact) mass is 409 g/mol. The Morgan fingerprint density at radius 2 is 1.68 bits per heavy atom. The fraction of sp³-hybridized carbons (Fsp3) is 0.471. The van der Waals surface area contributed by atoms with Gasteiger partial charge in [0.15, 0.2) is 0 Å². The largest absolute Gasteiger partial charge is 0.465 e. The van der Waals surface area contributed by atoms with Gasteiger partial charge in [-0.1, -0.05) is 12.8 Å². The van der Waals surface area contributed by atoms with E-state index in [0.29, 0.717) is 12.8 Å². The Labute approximate surface area is 164 Å². The summed E-state index contributed by atoms with van der Waals surface area (Å²) in [6, 6.07) is -1.08. The number of nitrogens with two attached hydrogens (primary N) is 1. The van der Waals surface area contributed by atoms with Crippen molar-refractivity contribution in [3.63, 3.8) is 0 Å². The van der Waals surface area contributed by atoms with E-state index in [4.69, 9.17) is 15.2 Å². The van der Waals surface area contributed by atoms with Gasteiger partial charge in [0.2, 0.25) is 0 Å². The zero-order chi connectivity index (χ0) is 20.6. The molecule has 2 heterocycles. The van der Waals surface area contributed by atoms with E-state index in [-0.39, 0.29) is 27.0 Å². The third-order valence-corrected chi connectivity index (χ3v) is 5.93. The van der Waals surface area contributed by atoms with Crippen LogP contribution >= 0.6 is 11.3 Å². The minimum atomic E-state index is -1.01. The zero-order valence-corrected chi connectivity index (χ0v) is 16.2. The first kappa shape index (κ1) is 19.8. The first-order valence-corrected chi connectivity index (χ1v) is 9.40. The molecule has 0 aromatic carbocycles. The van der Waals surface area contributed by atoms with Gasteiger partial charge in [-0.2, -0.15) is 0 Å². The lowest BCUT2D eigenvalue weighted by Gasteiger charge is -2.21. The number of carbonyl (C=O) groups excluding carboxylic acids is 5. The number of esters is 2. The SMILES string of the molecule is COC(=O)c1sc(N)c(C(=O)OC)c1CN1C(=O)C(=O)N(C2CCCC2)C1=O. The van der Waals surface area contributed by atoms with Crippen LogP contribution in [0.1, 0.15) is 51.3 Å². The highest BCUT2D eigenvalue weighted by Crippen LogP contribution is 2.35. The molecule has 2 fully saturated rings. The van der Waals surface area contributed by atoms with E-state index in [9.17, 15) is 24.0 Å². The van der Waals surface area contributed by atoms with Crippen molar-refractivity contribution in [2.24, 2.45) is 0 Å². The highest BCUT2D eigenvalue weighted by Gasteiger charge is 2.48. The smallest absolute Gasteiger partial charge is 0.348 e. The van der Waals surface area contributed by atoms with Crippen molar-refractivity contribution in [2.45, 2.75) is 38.3 Å². The molecule has 2 aliphatic rings. The number of carbonyl (C=O) groups is 5. The van der Waals surface area contributed by atoms with Gasteiger partial charge in [-0.3, -0.25) is 19.4 Å². The average molecular weight is 409 g/mol. The first-order chi connectivity index (χ1) is 13.3. The van der Waals surface area contributed by atoms with Crippen molar-refractivity contribution in [2.75, 3.05) is 20.0 Å². The number of imide groups is 2. The Morgan fingerprint density at radius 3 is 2.25 bits per heavy atom. The minimum absolute atomic E-state index is 0.0136. The molecule has 1 aromatic heterocycles. The van der Waals surface area contributed by atoms with Gasteiger partial charge in [0, 0.05) is 11.6 Å². The molecule has 1 saturated heterocycles. The molecule has 0 radical (unpaired) electrons. The fourth-order valence-corrected chi connectivity index (χ4v) is 4.51. The van der Waals surface area contributed by atoms with E-state index in [2.05, 4.69) is 0 Å². The number of rotatable bonds is 5. The molecule has 0 unspecified atom stereocenters. The predicted molar refractivity (Wildman–Crippen MR) is 96.5 cm³/mol. The van der Waals surface area contributed by atoms with Gasteiger partial charge in [-0.05, 0) is 12.8 Å². The molecule has 2 N–H and O–H groups in total. The second-order valence-corrected chi connectivity index (χ2v) is 7.47. The van der Waals surface area contributed by atoms with Crippen LogP contribution in [-0.2, 0) is 25.6 Å². The summed E-state index contributed by atoms with van der Waals surface area (Å²) in [6.45, 7) is -0.463. The number of amides is 4. The van der Waals surface area contributed by atoms with Gasteiger partial charge in [0.05, 0.1) is 26.3 Å². The molecule has 1 aliphatic carbocycles. The molecule has 11 heteroatoms.